The fourth-order valence-electron chi connectivity index (χ4n) is 2.97. The second-order valence-corrected chi connectivity index (χ2v) is 7.43. The van der Waals surface area contributed by atoms with E-state index in [0.29, 0.717) is 51.6 Å². The van der Waals surface area contributed by atoms with E-state index in [1.165, 1.54) is 0 Å². The number of rotatable bonds is 17. The van der Waals surface area contributed by atoms with Gasteiger partial charge in [0.1, 0.15) is 0 Å². The topological polar surface area (TPSA) is 99.2 Å². The van der Waals surface area contributed by atoms with E-state index in [-0.39, 0.29) is 18.1 Å². The van der Waals surface area contributed by atoms with Crippen LogP contribution in [0.2, 0.25) is 0 Å². The van der Waals surface area contributed by atoms with E-state index in [2.05, 4.69) is 19.7 Å². The van der Waals surface area contributed by atoms with E-state index in [0.717, 1.165) is 18.2 Å². The number of carbonyl (C=O) groups excluding carboxylic acids is 4. The lowest BCUT2D eigenvalue weighted by atomic mass is 10.1. The van der Waals surface area contributed by atoms with Crippen LogP contribution in [0.15, 0.2) is 38.0 Å². The Morgan fingerprint density at radius 1 is 0.750 bits per heavy atom. The highest BCUT2D eigenvalue weighted by atomic mass is 16.6. The van der Waals surface area contributed by atoms with Gasteiger partial charge in [0.15, 0.2) is 6.10 Å². The third-order valence-corrected chi connectivity index (χ3v) is 4.61. The summed E-state index contributed by atoms with van der Waals surface area (Å²) in [6, 6.07) is 0. The summed E-state index contributed by atoms with van der Waals surface area (Å²) < 4.78 is 15.6. The van der Waals surface area contributed by atoms with Crippen LogP contribution in [0.1, 0.15) is 59.3 Å². The molecule has 0 aliphatic rings. The molecule has 0 bridgehead atoms. The Morgan fingerprint density at radius 2 is 1.16 bits per heavy atom. The van der Waals surface area contributed by atoms with E-state index in [1.807, 2.05) is 6.92 Å². The molecule has 0 rings (SSSR count). The van der Waals surface area contributed by atoms with Gasteiger partial charge in [-0.25, -0.2) is 14.4 Å². The molecule has 0 radical (unpaired) electrons. The van der Waals surface area contributed by atoms with Crippen LogP contribution in [-0.2, 0) is 33.4 Å². The molecule has 0 aromatic rings. The Labute approximate surface area is 191 Å². The van der Waals surface area contributed by atoms with Crippen molar-refractivity contribution in [3.63, 3.8) is 0 Å². The van der Waals surface area contributed by atoms with Crippen LogP contribution in [0, 0.1) is 0 Å². The lowest BCUT2D eigenvalue weighted by Gasteiger charge is -2.28. The molecular formula is C24H37NO7. The summed E-state index contributed by atoms with van der Waals surface area (Å²) in [6.45, 7) is 16.4. The fourth-order valence-corrected chi connectivity index (χ4v) is 2.97. The van der Waals surface area contributed by atoms with Crippen molar-refractivity contribution in [2.75, 3.05) is 13.1 Å². The second-order valence-electron chi connectivity index (χ2n) is 7.43. The highest BCUT2D eigenvalue weighted by molar-refractivity contribution is 5.87. The van der Waals surface area contributed by atoms with Gasteiger partial charge in [0, 0.05) is 31.3 Å². The van der Waals surface area contributed by atoms with Crippen molar-refractivity contribution >= 4 is 23.8 Å². The number of esters is 3. The lowest BCUT2D eigenvalue weighted by molar-refractivity contribution is -0.157. The smallest absolute Gasteiger partial charge is 0.330 e. The molecule has 0 spiro atoms. The summed E-state index contributed by atoms with van der Waals surface area (Å²) >= 11 is 0. The molecule has 0 aromatic heterocycles. The molecule has 0 saturated carbocycles. The molecule has 8 heteroatoms. The maximum absolute atomic E-state index is 13.1. The third-order valence-electron chi connectivity index (χ3n) is 4.61. The maximum atomic E-state index is 13.1. The quantitative estimate of drug-likeness (QED) is 0.190. The van der Waals surface area contributed by atoms with Crippen molar-refractivity contribution in [2.45, 2.75) is 77.6 Å². The summed E-state index contributed by atoms with van der Waals surface area (Å²) in [5.41, 5.74) is 0. The molecule has 0 fully saturated rings. The second kappa shape index (κ2) is 16.8. The van der Waals surface area contributed by atoms with Crippen LogP contribution in [0.25, 0.3) is 0 Å². The first-order chi connectivity index (χ1) is 15.2. The molecular weight excluding hydrogens is 414 g/mol. The summed E-state index contributed by atoms with van der Waals surface area (Å²) in [4.78, 5) is 49.0. The average Bonchev–Trinajstić information content (AvgIpc) is 2.76. The van der Waals surface area contributed by atoms with Crippen LogP contribution in [0.4, 0.5) is 0 Å². The Morgan fingerprint density at radius 3 is 1.53 bits per heavy atom. The lowest BCUT2D eigenvalue weighted by Crippen LogP contribution is -2.42. The average molecular weight is 452 g/mol. The van der Waals surface area contributed by atoms with Crippen molar-refractivity contribution in [3.05, 3.63) is 38.0 Å². The minimum absolute atomic E-state index is 0.284. The number of hydrogen-bond donors (Lipinski definition) is 0. The van der Waals surface area contributed by atoms with Crippen LogP contribution in [-0.4, -0.2) is 60.1 Å². The number of ether oxygens (including phenoxy) is 3. The largest absolute Gasteiger partial charge is 0.460 e. The number of nitrogens with zero attached hydrogens (tertiary/aromatic N) is 1. The maximum Gasteiger partial charge on any atom is 0.330 e. The SMILES string of the molecule is C=CC(=O)OC(C)CCCN(CCCC(C)OC(=O)C=C)C(=O)C(CCC)OC(=O)C=C. The first-order valence-electron chi connectivity index (χ1n) is 11.0. The third kappa shape index (κ3) is 12.7. The minimum atomic E-state index is -0.891. The number of amides is 1. The Hall–Kier alpha value is -2.90. The zero-order valence-electron chi connectivity index (χ0n) is 19.5. The van der Waals surface area contributed by atoms with Crippen molar-refractivity contribution in [2.24, 2.45) is 0 Å². The van der Waals surface area contributed by atoms with E-state index in [9.17, 15) is 19.2 Å². The normalized spacial score (nSPS) is 13.1. The summed E-state index contributed by atoms with van der Waals surface area (Å²) in [5, 5.41) is 0. The number of carbonyl (C=O) groups is 4. The van der Waals surface area contributed by atoms with E-state index in [4.69, 9.17) is 14.2 Å². The van der Waals surface area contributed by atoms with Crippen LogP contribution >= 0.6 is 0 Å². The molecule has 0 aliphatic carbocycles. The molecule has 8 nitrogen and oxygen atoms in total. The molecule has 3 atom stereocenters. The monoisotopic (exact) mass is 451 g/mol. The van der Waals surface area contributed by atoms with Gasteiger partial charge in [0.2, 0.25) is 0 Å². The standard InChI is InChI=1S/C24H37NO7/c1-7-13-20(32-23(28)10-4)24(29)25(16-11-14-18(5)30-21(26)8-2)17-12-15-19(6)31-22(27)9-3/h8-10,18-20H,2-4,7,11-17H2,1,5-6H3. The minimum Gasteiger partial charge on any atom is -0.460 e. The summed E-state index contributed by atoms with van der Waals surface area (Å²) in [7, 11) is 0. The van der Waals surface area contributed by atoms with Gasteiger partial charge >= 0.3 is 17.9 Å². The first kappa shape index (κ1) is 29.1. The highest BCUT2D eigenvalue weighted by Gasteiger charge is 2.26. The fraction of sp³-hybridized carbons (Fsp3) is 0.583. The first-order valence-corrected chi connectivity index (χ1v) is 11.0. The molecule has 0 aromatic carbocycles. The number of hydrogen-bond acceptors (Lipinski definition) is 7. The van der Waals surface area contributed by atoms with Crippen molar-refractivity contribution in [1.82, 2.24) is 4.90 Å². The molecule has 0 aliphatic heterocycles. The van der Waals surface area contributed by atoms with Crippen molar-refractivity contribution < 1.29 is 33.4 Å². The van der Waals surface area contributed by atoms with E-state index >= 15 is 0 Å². The van der Waals surface area contributed by atoms with Gasteiger partial charge < -0.3 is 19.1 Å². The van der Waals surface area contributed by atoms with Gasteiger partial charge in [-0.2, -0.15) is 0 Å². The van der Waals surface area contributed by atoms with Gasteiger partial charge in [-0.15, -0.1) is 0 Å². The van der Waals surface area contributed by atoms with Gasteiger partial charge in [-0.3, -0.25) is 4.79 Å². The predicted molar refractivity (Wildman–Crippen MR) is 122 cm³/mol. The molecule has 0 N–H and O–H groups in total. The summed E-state index contributed by atoms with van der Waals surface area (Å²) in [5.74, 6) is -1.92. The van der Waals surface area contributed by atoms with E-state index in [1.54, 1.807) is 18.7 Å². The zero-order valence-corrected chi connectivity index (χ0v) is 19.5. The Bertz CT molecular complexity index is 625. The van der Waals surface area contributed by atoms with Crippen LogP contribution < -0.4 is 0 Å². The van der Waals surface area contributed by atoms with Gasteiger partial charge in [-0.05, 0) is 46.0 Å². The Kier molecular flexibility index (Phi) is 15.2. The van der Waals surface area contributed by atoms with Crippen molar-refractivity contribution in [1.29, 1.82) is 0 Å². The highest BCUT2D eigenvalue weighted by Crippen LogP contribution is 2.13. The van der Waals surface area contributed by atoms with Crippen LogP contribution in [0.3, 0.4) is 0 Å². The predicted octanol–water partition coefficient (Wildman–Crippen LogP) is 3.51. The molecule has 3 unspecified atom stereocenters. The molecule has 180 valence electrons. The van der Waals surface area contributed by atoms with Gasteiger partial charge in [0.05, 0.1) is 12.2 Å². The van der Waals surface area contributed by atoms with Crippen LogP contribution in [0.5, 0.6) is 0 Å². The van der Waals surface area contributed by atoms with Crippen molar-refractivity contribution in [3.8, 4) is 0 Å². The molecule has 0 heterocycles. The van der Waals surface area contributed by atoms with Gasteiger partial charge in [0.25, 0.3) is 5.91 Å². The molecule has 1 amide bonds. The van der Waals surface area contributed by atoms with Gasteiger partial charge in [-0.1, -0.05) is 33.1 Å². The Balaban J connectivity index is 5.06. The summed E-state index contributed by atoms with van der Waals surface area (Å²) in [6.07, 6.45) is 5.08. The zero-order chi connectivity index (χ0) is 24.5. The molecule has 32 heavy (non-hydrogen) atoms. The molecule has 0 saturated heterocycles. The van der Waals surface area contributed by atoms with E-state index < -0.39 is 24.0 Å².